The molecule has 0 fully saturated rings. The highest BCUT2D eigenvalue weighted by Gasteiger charge is 2.40. The number of hydrogen-bond acceptors (Lipinski definition) is 4. The van der Waals surface area contributed by atoms with Crippen molar-refractivity contribution in [2.24, 2.45) is 0 Å². The van der Waals surface area contributed by atoms with Crippen LogP contribution in [0.3, 0.4) is 0 Å². The second kappa shape index (κ2) is 7.65. The molecule has 0 radical (unpaired) electrons. The smallest absolute Gasteiger partial charge is 0.454 e. The molecule has 0 saturated heterocycles. The molecule has 0 bridgehead atoms. The Kier molecular flexibility index (Phi) is 5.79. The molecule has 134 valence electrons. The lowest BCUT2D eigenvalue weighted by Crippen LogP contribution is -2.24. The lowest BCUT2D eigenvalue weighted by Gasteiger charge is -2.14. The van der Waals surface area contributed by atoms with E-state index in [0.717, 1.165) is 11.6 Å². The monoisotopic (exact) mass is 373 g/mol. The van der Waals surface area contributed by atoms with Gasteiger partial charge in [0, 0.05) is 17.3 Å². The van der Waals surface area contributed by atoms with E-state index in [0.29, 0.717) is 11.5 Å². The number of ketones is 1. The SMILES string of the molecule is COc1ccc(CNc2ccc(Cl)cc2C(=O)C(F)(F)F)cc1OC. The first kappa shape index (κ1) is 18.9. The van der Waals surface area contributed by atoms with Crippen LogP contribution in [0, 0.1) is 0 Å². The number of benzene rings is 2. The molecule has 4 nitrogen and oxygen atoms in total. The number of rotatable bonds is 6. The third-order valence-electron chi connectivity index (χ3n) is 3.41. The van der Waals surface area contributed by atoms with Crippen LogP contribution >= 0.6 is 11.6 Å². The van der Waals surface area contributed by atoms with Crippen molar-refractivity contribution in [2.75, 3.05) is 19.5 Å². The molecule has 0 aliphatic rings. The van der Waals surface area contributed by atoms with Gasteiger partial charge in [-0.05, 0) is 35.9 Å². The molecule has 0 aromatic heterocycles. The number of methoxy groups -OCH3 is 2. The number of hydrogen-bond donors (Lipinski definition) is 1. The molecular formula is C17H15ClF3NO3. The fraction of sp³-hybridized carbons (Fsp3) is 0.235. The number of ether oxygens (including phenoxy) is 2. The minimum Gasteiger partial charge on any atom is -0.493 e. The van der Waals surface area contributed by atoms with Crippen LogP contribution in [0.2, 0.25) is 5.02 Å². The second-order valence-corrected chi connectivity index (χ2v) is 5.50. The van der Waals surface area contributed by atoms with Crippen molar-refractivity contribution in [2.45, 2.75) is 12.7 Å². The number of Topliss-reactive ketones (excluding diaryl/α,β-unsaturated/α-hetero) is 1. The van der Waals surface area contributed by atoms with Gasteiger partial charge in [0.05, 0.1) is 19.8 Å². The Labute approximate surface area is 147 Å². The van der Waals surface area contributed by atoms with Crippen molar-refractivity contribution in [1.82, 2.24) is 0 Å². The number of carbonyl (C=O) groups is 1. The first-order valence-electron chi connectivity index (χ1n) is 7.12. The topological polar surface area (TPSA) is 47.6 Å². The van der Waals surface area contributed by atoms with Gasteiger partial charge in [-0.25, -0.2) is 0 Å². The molecule has 0 amide bonds. The summed E-state index contributed by atoms with van der Waals surface area (Å²) in [5.74, 6) is -0.931. The van der Waals surface area contributed by atoms with Crippen molar-refractivity contribution in [3.8, 4) is 11.5 Å². The summed E-state index contributed by atoms with van der Waals surface area (Å²) < 4.78 is 48.5. The van der Waals surface area contributed by atoms with Crippen molar-refractivity contribution < 1.29 is 27.4 Å². The number of nitrogens with one attached hydrogen (secondary N) is 1. The highest BCUT2D eigenvalue weighted by Crippen LogP contribution is 2.30. The molecule has 2 aromatic carbocycles. The first-order chi connectivity index (χ1) is 11.8. The highest BCUT2D eigenvalue weighted by atomic mass is 35.5. The first-order valence-corrected chi connectivity index (χ1v) is 7.50. The quantitative estimate of drug-likeness (QED) is 0.745. The normalized spacial score (nSPS) is 11.1. The largest absolute Gasteiger partial charge is 0.493 e. The van der Waals surface area contributed by atoms with E-state index in [1.165, 1.54) is 26.4 Å². The maximum atomic E-state index is 12.7. The predicted molar refractivity (Wildman–Crippen MR) is 88.7 cm³/mol. The molecule has 0 aliphatic carbocycles. The molecule has 0 unspecified atom stereocenters. The van der Waals surface area contributed by atoms with Gasteiger partial charge in [-0.2, -0.15) is 13.2 Å². The van der Waals surface area contributed by atoms with Crippen LogP contribution in [0.25, 0.3) is 0 Å². The molecule has 0 spiro atoms. The zero-order chi connectivity index (χ0) is 18.6. The van der Waals surface area contributed by atoms with Gasteiger partial charge < -0.3 is 14.8 Å². The Morgan fingerprint density at radius 2 is 1.76 bits per heavy atom. The summed E-state index contributed by atoms with van der Waals surface area (Å²) >= 11 is 5.72. The van der Waals surface area contributed by atoms with E-state index in [1.54, 1.807) is 18.2 Å². The average molecular weight is 374 g/mol. The van der Waals surface area contributed by atoms with Gasteiger partial charge in [0.1, 0.15) is 0 Å². The average Bonchev–Trinajstić information content (AvgIpc) is 2.58. The molecular weight excluding hydrogens is 359 g/mol. The van der Waals surface area contributed by atoms with Crippen LogP contribution in [0.4, 0.5) is 18.9 Å². The van der Waals surface area contributed by atoms with Gasteiger partial charge in [-0.3, -0.25) is 4.79 Å². The van der Waals surface area contributed by atoms with Crippen LogP contribution in [0.1, 0.15) is 15.9 Å². The summed E-state index contributed by atoms with van der Waals surface area (Å²) in [5, 5.41) is 2.87. The summed E-state index contributed by atoms with van der Waals surface area (Å²) in [6.45, 7) is 0.181. The summed E-state index contributed by atoms with van der Waals surface area (Å²) in [5.41, 5.74) is 0.250. The van der Waals surface area contributed by atoms with Gasteiger partial charge in [0.15, 0.2) is 11.5 Å². The van der Waals surface area contributed by atoms with E-state index in [9.17, 15) is 18.0 Å². The van der Waals surface area contributed by atoms with Crippen LogP contribution < -0.4 is 14.8 Å². The van der Waals surface area contributed by atoms with Gasteiger partial charge in [-0.15, -0.1) is 0 Å². The molecule has 0 aliphatic heterocycles. The molecule has 0 heterocycles. The van der Waals surface area contributed by atoms with Gasteiger partial charge >= 0.3 is 6.18 Å². The van der Waals surface area contributed by atoms with E-state index in [2.05, 4.69) is 5.32 Å². The summed E-state index contributed by atoms with van der Waals surface area (Å²) in [6, 6.07) is 8.84. The molecule has 1 N–H and O–H groups in total. The third kappa shape index (κ3) is 4.57. The van der Waals surface area contributed by atoms with E-state index < -0.39 is 17.5 Å². The van der Waals surface area contributed by atoms with E-state index in [-0.39, 0.29) is 17.3 Å². The Hall–Kier alpha value is -2.41. The Morgan fingerprint density at radius 1 is 1.08 bits per heavy atom. The third-order valence-corrected chi connectivity index (χ3v) is 3.65. The lowest BCUT2D eigenvalue weighted by molar-refractivity contribution is -0.0884. The Morgan fingerprint density at radius 3 is 2.36 bits per heavy atom. The van der Waals surface area contributed by atoms with Crippen molar-refractivity contribution in [3.63, 3.8) is 0 Å². The van der Waals surface area contributed by atoms with E-state index >= 15 is 0 Å². The van der Waals surface area contributed by atoms with Crippen LogP contribution in [0.15, 0.2) is 36.4 Å². The second-order valence-electron chi connectivity index (χ2n) is 5.06. The lowest BCUT2D eigenvalue weighted by atomic mass is 10.1. The van der Waals surface area contributed by atoms with E-state index in [4.69, 9.17) is 21.1 Å². The molecule has 25 heavy (non-hydrogen) atoms. The van der Waals surface area contributed by atoms with Crippen LogP contribution in [-0.2, 0) is 6.54 Å². The van der Waals surface area contributed by atoms with Crippen molar-refractivity contribution in [1.29, 1.82) is 0 Å². The fourth-order valence-electron chi connectivity index (χ4n) is 2.20. The maximum absolute atomic E-state index is 12.7. The zero-order valence-electron chi connectivity index (χ0n) is 13.4. The minimum absolute atomic E-state index is 0.0431. The number of halogens is 4. The van der Waals surface area contributed by atoms with Crippen LogP contribution in [-0.4, -0.2) is 26.2 Å². The molecule has 8 heteroatoms. The Bertz CT molecular complexity index is 778. The predicted octanol–water partition coefficient (Wildman–Crippen LogP) is 4.71. The summed E-state index contributed by atoms with van der Waals surface area (Å²) in [4.78, 5) is 11.6. The number of anilines is 1. The molecule has 0 saturated carbocycles. The molecule has 2 rings (SSSR count). The summed E-state index contributed by atoms with van der Waals surface area (Å²) in [6.07, 6.45) is -4.98. The van der Waals surface area contributed by atoms with Gasteiger partial charge in [0.2, 0.25) is 0 Å². The van der Waals surface area contributed by atoms with Crippen molar-refractivity contribution in [3.05, 3.63) is 52.5 Å². The Balaban J connectivity index is 2.25. The maximum Gasteiger partial charge on any atom is 0.454 e. The summed E-state index contributed by atoms with van der Waals surface area (Å²) in [7, 11) is 2.98. The number of alkyl halides is 3. The minimum atomic E-state index is -4.98. The van der Waals surface area contributed by atoms with Crippen molar-refractivity contribution >= 4 is 23.1 Å². The standard InChI is InChI=1S/C17H15ClF3NO3/c1-24-14-6-3-10(7-15(14)25-2)9-22-13-5-4-11(18)8-12(13)16(23)17(19,20)21/h3-8,22H,9H2,1-2H3. The zero-order valence-corrected chi connectivity index (χ0v) is 14.2. The van der Waals surface area contributed by atoms with Crippen LogP contribution in [0.5, 0.6) is 11.5 Å². The van der Waals surface area contributed by atoms with Gasteiger partial charge in [0.25, 0.3) is 5.78 Å². The van der Waals surface area contributed by atoms with E-state index in [1.807, 2.05) is 0 Å². The number of carbonyl (C=O) groups excluding carboxylic acids is 1. The van der Waals surface area contributed by atoms with Gasteiger partial charge in [-0.1, -0.05) is 17.7 Å². The fourth-order valence-corrected chi connectivity index (χ4v) is 2.37. The molecule has 2 aromatic rings. The highest BCUT2D eigenvalue weighted by molar-refractivity contribution is 6.31. The molecule has 0 atom stereocenters.